The molecule has 0 aliphatic heterocycles. The molecule has 7 heteroatoms. The molecule has 0 unspecified atom stereocenters. The lowest BCUT2D eigenvalue weighted by Gasteiger charge is -2.04. The maximum Gasteiger partial charge on any atom is 0.263 e. The van der Waals surface area contributed by atoms with Gasteiger partial charge in [-0.15, -0.1) is 11.3 Å². The predicted octanol–water partition coefficient (Wildman–Crippen LogP) is 3.27. The van der Waals surface area contributed by atoms with Crippen LogP contribution in [0.5, 0.6) is 0 Å². The summed E-state index contributed by atoms with van der Waals surface area (Å²) in [5, 5.41) is 3.63. The van der Waals surface area contributed by atoms with Gasteiger partial charge in [0.15, 0.2) is 0 Å². The molecule has 0 spiro atoms. The lowest BCUT2D eigenvalue weighted by atomic mass is 10.2. The number of rotatable bonds is 6. The second-order valence-corrected chi connectivity index (χ2v) is 6.35. The quantitative estimate of drug-likeness (QED) is 0.698. The average molecular weight is 344 g/mol. The van der Waals surface area contributed by atoms with Crippen LogP contribution in [-0.2, 0) is 6.54 Å². The number of imidazole rings is 1. The predicted molar refractivity (Wildman–Crippen MR) is 91.4 cm³/mol. The Kier molecular flexibility index (Phi) is 5.00. The smallest absolute Gasteiger partial charge is 0.263 e. The summed E-state index contributed by atoms with van der Waals surface area (Å²) in [7, 11) is 0. The molecule has 0 aliphatic carbocycles. The largest absolute Gasteiger partial charge is 0.351 e. The summed E-state index contributed by atoms with van der Waals surface area (Å²) >= 11 is 1.32. The Morgan fingerprint density at radius 3 is 2.83 bits per heavy atom. The van der Waals surface area contributed by atoms with Crippen molar-refractivity contribution in [2.75, 3.05) is 6.54 Å². The summed E-state index contributed by atoms with van der Waals surface area (Å²) in [6, 6.07) is 6.12. The first-order valence-corrected chi connectivity index (χ1v) is 8.42. The molecule has 0 aliphatic rings. The number of aryl methyl sites for hydroxylation is 2. The third kappa shape index (κ3) is 3.86. The van der Waals surface area contributed by atoms with Gasteiger partial charge in [0.2, 0.25) is 0 Å². The number of amides is 1. The molecule has 0 saturated carbocycles. The van der Waals surface area contributed by atoms with E-state index in [0.717, 1.165) is 23.5 Å². The van der Waals surface area contributed by atoms with Crippen molar-refractivity contribution >= 4 is 17.2 Å². The molecule has 1 amide bonds. The minimum Gasteiger partial charge on any atom is -0.351 e. The number of hydrogen-bond donors (Lipinski definition) is 1. The van der Waals surface area contributed by atoms with Crippen molar-refractivity contribution in [3.63, 3.8) is 0 Å². The number of nitrogens with one attached hydrogen (secondary N) is 1. The summed E-state index contributed by atoms with van der Waals surface area (Å²) in [5.74, 6) is -0.410. The molecule has 0 fully saturated rings. The standard InChI is InChI=1S/C17H17FN4OS/c1-12-15(16(23)20-7-2-9-22-10-8-19-11-22)24-17(21-12)13-3-5-14(18)6-4-13/h3-6,8,10-11H,2,7,9H2,1H3,(H,20,23). The Labute approximate surface area is 143 Å². The summed E-state index contributed by atoms with van der Waals surface area (Å²) < 4.78 is 15.0. The van der Waals surface area contributed by atoms with Gasteiger partial charge in [-0.2, -0.15) is 0 Å². The molecular formula is C17H17FN4OS. The van der Waals surface area contributed by atoms with Gasteiger partial charge in [-0.3, -0.25) is 4.79 Å². The van der Waals surface area contributed by atoms with E-state index in [1.54, 1.807) is 24.7 Å². The van der Waals surface area contributed by atoms with Gasteiger partial charge in [-0.05, 0) is 37.6 Å². The van der Waals surface area contributed by atoms with Crippen LogP contribution in [0, 0.1) is 12.7 Å². The van der Waals surface area contributed by atoms with Crippen LogP contribution < -0.4 is 5.32 Å². The highest BCUT2D eigenvalue weighted by molar-refractivity contribution is 7.17. The van der Waals surface area contributed by atoms with Crippen LogP contribution in [0.25, 0.3) is 10.6 Å². The maximum absolute atomic E-state index is 13.0. The Hall–Kier alpha value is -2.54. The van der Waals surface area contributed by atoms with Crippen molar-refractivity contribution in [2.45, 2.75) is 19.9 Å². The number of carbonyl (C=O) groups is 1. The Morgan fingerprint density at radius 2 is 2.12 bits per heavy atom. The molecule has 24 heavy (non-hydrogen) atoms. The van der Waals surface area contributed by atoms with Crippen LogP contribution in [0.2, 0.25) is 0 Å². The highest BCUT2D eigenvalue weighted by Gasteiger charge is 2.15. The van der Waals surface area contributed by atoms with E-state index in [-0.39, 0.29) is 11.7 Å². The SMILES string of the molecule is Cc1nc(-c2ccc(F)cc2)sc1C(=O)NCCCn1ccnc1. The number of nitrogens with zero attached hydrogens (tertiary/aromatic N) is 3. The van der Waals surface area contributed by atoms with E-state index < -0.39 is 0 Å². The fourth-order valence-electron chi connectivity index (χ4n) is 2.29. The van der Waals surface area contributed by atoms with Crippen molar-refractivity contribution < 1.29 is 9.18 Å². The van der Waals surface area contributed by atoms with Gasteiger partial charge in [0.05, 0.1) is 12.0 Å². The maximum atomic E-state index is 13.0. The van der Waals surface area contributed by atoms with Gasteiger partial charge in [-0.25, -0.2) is 14.4 Å². The molecule has 1 aromatic carbocycles. The number of thiazole rings is 1. The molecular weight excluding hydrogens is 327 g/mol. The van der Waals surface area contributed by atoms with Crippen molar-refractivity contribution in [1.29, 1.82) is 0 Å². The average Bonchev–Trinajstić information content (AvgIpc) is 3.22. The van der Waals surface area contributed by atoms with E-state index in [0.29, 0.717) is 17.1 Å². The van der Waals surface area contributed by atoms with Gasteiger partial charge in [0.25, 0.3) is 5.91 Å². The third-order valence-electron chi connectivity index (χ3n) is 3.53. The number of hydrogen-bond acceptors (Lipinski definition) is 4. The topological polar surface area (TPSA) is 59.8 Å². The molecule has 2 heterocycles. The molecule has 0 radical (unpaired) electrons. The molecule has 124 valence electrons. The van der Waals surface area contributed by atoms with E-state index in [2.05, 4.69) is 15.3 Å². The lowest BCUT2D eigenvalue weighted by Crippen LogP contribution is -2.25. The number of carbonyl (C=O) groups excluding carboxylic acids is 1. The first-order chi connectivity index (χ1) is 11.6. The summed E-state index contributed by atoms with van der Waals surface area (Å²) in [6.07, 6.45) is 6.20. The second-order valence-electron chi connectivity index (χ2n) is 5.35. The number of aromatic nitrogens is 3. The Morgan fingerprint density at radius 1 is 1.33 bits per heavy atom. The minimum atomic E-state index is -0.289. The number of benzene rings is 1. The van der Waals surface area contributed by atoms with Crippen LogP contribution in [0.3, 0.4) is 0 Å². The first kappa shape index (κ1) is 16.3. The molecule has 3 aromatic rings. The van der Waals surface area contributed by atoms with Crippen molar-refractivity contribution in [3.05, 3.63) is 59.4 Å². The Balaban J connectivity index is 1.59. The molecule has 2 aromatic heterocycles. The molecule has 0 atom stereocenters. The van der Waals surface area contributed by atoms with Crippen molar-refractivity contribution in [2.24, 2.45) is 0 Å². The van der Waals surface area contributed by atoms with Crippen LogP contribution in [0.4, 0.5) is 4.39 Å². The van der Waals surface area contributed by atoms with Crippen molar-refractivity contribution in [3.8, 4) is 10.6 Å². The highest BCUT2D eigenvalue weighted by atomic mass is 32.1. The lowest BCUT2D eigenvalue weighted by molar-refractivity contribution is 0.0956. The van der Waals surface area contributed by atoms with E-state index in [4.69, 9.17) is 0 Å². The zero-order chi connectivity index (χ0) is 16.9. The zero-order valence-corrected chi connectivity index (χ0v) is 14.0. The first-order valence-electron chi connectivity index (χ1n) is 7.61. The van der Waals surface area contributed by atoms with Crippen LogP contribution in [0.1, 0.15) is 21.8 Å². The van der Waals surface area contributed by atoms with E-state index in [9.17, 15) is 9.18 Å². The molecule has 0 bridgehead atoms. The Bertz CT molecular complexity index is 812. The van der Waals surface area contributed by atoms with Gasteiger partial charge in [0, 0.05) is 31.0 Å². The van der Waals surface area contributed by atoms with Gasteiger partial charge >= 0.3 is 0 Å². The van der Waals surface area contributed by atoms with E-state index in [1.165, 1.54) is 23.5 Å². The number of halogens is 1. The van der Waals surface area contributed by atoms with Gasteiger partial charge in [-0.1, -0.05) is 0 Å². The second kappa shape index (κ2) is 7.35. The monoisotopic (exact) mass is 344 g/mol. The molecule has 0 saturated heterocycles. The summed E-state index contributed by atoms with van der Waals surface area (Å²) in [4.78, 5) is 21.3. The fourth-order valence-corrected chi connectivity index (χ4v) is 3.27. The van der Waals surface area contributed by atoms with Gasteiger partial charge < -0.3 is 9.88 Å². The third-order valence-corrected chi connectivity index (χ3v) is 4.74. The molecule has 1 N–H and O–H groups in total. The summed E-state index contributed by atoms with van der Waals surface area (Å²) in [6.45, 7) is 3.20. The highest BCUT2D eigenvalue weighted by Crippen LogP contribution is 2.27. The molecule has 3 rings (SSSR count). The van der Waals surface area contributed by atoms with Crippen molar-refractivity contribution in [1.82, 2.24) is 19.9 Å². The molecule has 5 nitrogen and oxygen atoms in total. The normalized spacial score (nSPS) is 10.8. The van der Waals surface area contributed by atoms with E-state index >= 15 is 0 Å². The van der Waals surface area contributed by atoms with E-state index in [1.807, 2.05) is 17.7 Å². The zero-order valence-electron chi connectivity index (χ0n) is 13.2. The van der Waals surface area contributed by atoms with Crippen LogP contribution in [-0.4, -0.2) is 27.0 Å². The summed E-state index contributed by atoms with van der Waals surface area (Å²) in [5.41, 5.74) is 1.50. The van der Waals surface area contributed by atoms with Crippen LogP contribution >= 0.6 is 11.3 Å². The van der Waals surface area contributed by atoms with Crippen LogP contribution in [0.15, 0.2) is 43.0 Å². The van der Waals surface area contributed by atoms with Gasteiger partial charge in [0.1, 0.15) is 15.7 Å². The minimum absolute atomic E-state index is 0.121. The fraction of sp³-hybridized carbons (Fsp3) is 0.235.